The molecule has 4 heterocycles. The van der Waals surface area contributed by atoms with Crippen molar-refractivity contribution in [3.05, 3.63) is 34.3 Å². The fourth-order valence-electron chi connectivity index (χ4n) is 6.06. The van der Waals surface area contributed by atoms with Crippen molar-refractivity contribution in [1.29, 1.82) is 0 Å². The van der Waals surface area contributed by atoms with Gasteiger partial charge < -0.3 is 19.3 Å². The molecule has 0 radical (unpaired) electrons. The molecule has 1 saturated carbocycles. The Bertz CT molecular complexity index is 877. The SMILES string of the molecule is C[C@H]1[C@H](OCc2ccc(C(=O)O)c(Cl)c2)O[C@@H]2O[C@@]3(C)CC[C@H]4[C@H](C)CC[C@@H]1[C@@]24OO3. The summed E-state index contributed by atoms with van der Waals surface area (Å²) in [6.07, 6.45) is 2.87. The van der Waals surface area contributed by atoms with E-state index in [1.807, 2.05) is 6.92 Å². The topological polar surface area (TPSA) is 83.5 Å². The average molecular weight is 453 g/mol. The number of rotatable bonds is 4. The summed E-state index contributed by atoms with van der Waals surface area (Å²) in [7, 11) is 0. The number of fused-ring (bicyclic) bond motifs is 2. The molecule has 1 N–H and O–H groups in total. The molecule has 6 rings (SSSR count). The van der Waals surface area contributed by atoms with Gasteiger partial charge in [-0.1, -0.05) is 31.5 Å². The number of hydrogen-bond acceptors (Lipinski definition) is 6. The molecule has 5 fully saturated rings. The third-order valence-electron chi connectivity index (χ3n) is 7.78. The highest BCUT2D eigenvalue weighted by Crippen LogP contribution is 2.60. The van der Waals surface area contributed by atoms with Gasteiger partial charge in [0.15, 0.2) is 18.2 Å². The Balaban J connectivity index is 1.37. The number of carboxylic acid groups (broad SMARTS) is 1. The molecule has 8 heteroatoms. The first-order valence-electron chi connectivity index (χ1n) is 11.1. The number of benzene rings is 1. The van der Waals surface area contributed by atoms with Gasteiger partial charge in [0.1, 0.15) is 0 Å². The maximum Gasteiger partial charge on any atom is 0.337 e. The van der Waals surface area contributed by atoms with E-state index in [0.29, 0.717) is 11.8 Å². The Hall–Kier alpha value is -1.22. The van der Waals surface area contributed by atoms with Gasteiger partial charge in [0.25, 0.3) is 0 Å². The first-order valence-corrected chi connectivity index (χ1v) is 11.4. The molecule has 7 nitrogen and oxygen atoms in total. The van der Waals surface area contributed by atoms with Crippen LogP contribution in [0.25, 0.3) is 0 Å². The Morgan fingerprint density at radius 3 is 2.77 bits per heavy atom. The predicted molar refractivity (Wildman–Crippen MR) is 110 cm³/mol. The van der Waals surface area contributed by atoms with E-state index in [2.05, 4.69) is 13.8 Å². The number of carbonyl (C=O) groups is 1. The van der Waals surface area contributed by atoms with Crippen LogP contribution in [-0.2, 0) is 30.6 Å². The van der Waals surface area contributed by atoms with E-state index in [0.717, 1.165) is 31.2 Å². The lowest BCUT2D eigenvalue weighted by Gasteiger charge is -2.60. The van der Waals surface area contributed by atoms with Gasteiger partial charge in [-0.15, -0.1) is 0 Å². The smallest absolute Gasteiger partial charge is 0.337 e. The molecule has 0 aromatic heterocycles. The van der Waals surface area contributed by atoms with Crippen LogP contribution in [0.1, 0.15) is 62.4 Å². The van der Waals surface area contributed by atoms with Crippen LogP contribution in [0.15, 0.2) is 18.2 Å². The average Bonchev–Trinajstić information content (AvgIpc) is 2.95. The summed E-state index contributed by atoms with van der Waals surface area (Å²) >= 11 is 6.11. The van der Waals surface area contributed by atoms with E-state index in [4.69, 9.17) is 40.7 Å². The first-order chi connectivity index (χ1) is 14.7. The van der Waals surface area contributed by atoms with Gasteiger partial charge in [-0.2, -0.15) is 0 Å². The molecule has 1 aromatic rings. The molecule has 170 valence electrons. The molecule has 1 spiro atoms. The maximum absolute atomic E-state index is 11.2. The highest BCUT2D eigenvalue weighted by Gasteiger charge is 2.69. The monoisotopic (exact) mass is 452 g/mol. The minimum atomic E-state index is -1.05. The van der Waals surface area contributed by atoms with Crippen LogP contribution < -0.4 is 0 Å². The minimum Gasteiger partial charge on any atom is -0.478 e. The first kappa shape index (κ1) is 21.6. The van der Waals surface area contributed by atoms with E-state index in [1.54, 1.807) is 12.1 Å². The van der Waals surface area contributed by atoms with E-state index < -0.39 is 29.9 Å². The second-order valence-electron chi connectivity index (χ2n) is 9.70. The molecule has 31 heavy (non-hydrogen) atoms. The summed E-state index contributed by atoms with van der Waals surface area (Å²) in [5.41, 5.74) is 0.251. The summed E-state index contributed by atoms with van der Waals surface area (Å²) in [6, 6.07) is 4.83. The highest BCUT2D eigenvalue weighted by atomic mass is 35.5. The van der Waals surface area contributed by atoms with Crippen molar-refractivity contribution in [2.75, 3.05) is 0 Å². The van der Waals surface area contributed by atoms with Crippen LogP contribution in [0.4, 0.5) is 0 Å². The molecule has 5 aliphatic rings. The van der Waals surface area contributed by atoms with Crippen LogP contribution >= 0.6 is 11.6 Å². The van der Waals surface area contributed by atoms with Crippen LogP contribution in [-0.4, -0.2) is 35.0 Å². The molecular weight excluding hydrogens is 424 g/mol. The number of ether oxygens (including phenoxy) is 3. The minimum absolute atomic E-state index is 0.0743. The number of hydrogen-bond donors (Lipinski definition) is 1. The predicted octanol–water partition coefficient (Wildman–Crippen LogP) is 4.76. The molecule has 4 aliphatic heterocycles. The van der Waals surface area contributed by atoms with E-state index in [9.17, 15) is 4.79 Å². The van der Waals surface area contributed by atoms with Gasteiger partial charge in [0.05, 0.1) is 17.2 Å². The number of halogens is 1. The van der Waals surface area contributed by atoms with Crippen molar-refractivity contribution >= 4 is 17.6 Å². The molecule has 4 saturated heterocycles. The van der Waals surface area contributed by atoms with Gasteiger partial charge in [-0.25, -0.2) is 14.6 Å². The van der Waals surface area contributed by atoms with Crippen LogP contribution in [0.2, 0.25) is 5.02 Å². The largest absolute Gasteiger partial charge is 0.478 e. The highest BCUT2D eigenvalue weighted by molar-refractivity contribution is 6.33. The lowest BCUT2D eigenvalue weighted by molar-refractivity contribution is -0.577. The summed E-state index contributed by atoms with van der Waals surface area (Å²) < 4.78 is 18.9. The summed E-state index contributed by atoms with van der Waals surface area (Å²) in [4.78, 5) is 23.2. The van der Waals surface area contributed by atoms with Crippen LogP contribution in [0.5, 0.6) is 0 Å². The van der Waals surface area contributed by atoms with Crippen LogP contribution in [0, 0.1) is 23.7 Å². The van der Waals surface area contributed by atoms with Crippen LogP contribution in [0.3, 0.4) is 0 Å². The van der Waals surface area contributed by atoms with E-state index in [1.165, 1.54) is 6.07 Å². The molecule has 2 bridgehead atoms. The van der Waals surface area contributed by atoms with Gasteiger partial charge in [0, 0.05) is 18.3 Å². The lowest BCUT2D eigenvalue weighted by atomic mass is 9.58. The third kappa shape index (κ3) is 3.41. The third-order valence-corrected chi connectivity index (χ3v) is 8.09. The molecule has 0 amide bonds. The number of carboxylic acids is 1. The normalized spacial score (nSPS) is 43.9. The fraction of sp³-hybridized carbons (Fsp3) is 0.696. The Labute approximate surface area is 186 Å². The summed E-state index contributed by atoms with van der Waals surface area (Å²) in [5.74, 6) is -0.777. The Morgan fingerprint density at radius 2 is 2.03 bits per heavy atom. The van der Waals surface area contributed by atoms with Crippen molar-refractivity contribution in [1.82, 2.24) is 0 Å². The molecule has 0 unspecified atom stereocenters. The Kier molecular flexibility index (Phi) is 5.35. The Morgan fingerprint density at radius 1 is 1.23 bits per heavy atom. The summed E-state index contributed by atoms with van der Waals surface area (Å²) in [6.45, 7) is 6.58. The summed E-state index contributed by atoms with van der Waals surface area (Å²) in [5, 5.41) is 9.35. The fourth-order valence-corrected chi connectivity index (χ4v) is 6.35. The molecule has 1 aromatic carbocycles. The zero-order valence-corrected chi connectivity index (χ0v) is 18.8. The van der Waals surface area contributed by atoms with Crippen molar-refractivity contribution in [3.63, 3.8) is 0 Å². The molecule has 8 atom stereocenters. The van der Waals surface area contributed by atoms with Crippen molar-refractivity contribution in [2.45, 2.75) is 77.0 Å². The van der Waals surface area contributed by atoms with Gasteiger partial charge in [-0.3, -0.25) is 0 Å². The van der Waals surface area contributed by atoms with Crippen molar-refractivity contribution < 1.29 is 33.9 Å². The second kappa shape index (κ2) is 7.68. The van der Waals surface area contributed by atoms with Crippen molar-refractivity contribution in [2.24, 2.45) is 23.7 Å². The number of aromatic carboxylic acids is 1. The van der Waals surface area contributed by atoms with E-state index >= 15 is 0 Å². The quantitative estimate of drug-likeness (QED) is 0.659. The zero-order valence-electron chi connectivity index (χ0n) is 18.0. The zero-order chi connectivity index (χ0) is 22.0. The maximum atomic E-state index is 11.2. The van der Waals surface area contributed by atoms with Gasteiger partial charge >= 0.3 is 5.97 Å². The van der Waals surface area contributed by atoms with E-state index in [-0.39, 0.29) is 29.0 Å². The van der Waals surface area contributed by atoms with Gasteiger partial charge in [0.2, 0.25) is 5.79 Å². The molecule has 1 aliphatic carbocycles. The van der Waals surface area contributed by atoms with Crippen molar-refractivity contribution in [3.8, 4) is 0 Å². The lowest BCUT2D eigenvalue weighted by Crippen LogP contribution is -2.70. The molecular formula is C23H29ClO7. The second-order valence-corrected chi connectivity index (χ2v) is 10.1. The van der Waals surface area contributed by atoms with Gasteiger partial charge in [-0.05, 0) is 55.7 Å². The standard InChI is InChI=1S/C23H29ClO7/c1-12-4-7-17-13(2)20(27-11-14-5-6-15(19(25)26)18(24)10-14)28-21-23(17)16(12)8-9-22(3,29-21)30-31-23/h5-6,10,12-13,16-17,20-21H,4,7-9,11H2,1-3H3,(H,25,26)/t12-,13-,16+,17+,20-,21-,22-,23-/m1/s1.